The monoisotopic (exact) mass is 463 g/mol. The molecule has 3 aromatic carbocycles. The average molecular weight is 464 g/mol. The average Bonchev–Trinajstić information content (AvgIpc) is 3.58. The lowest BCUT2D eigenvalue weighted by Crippen LogP contribution is -2.28. The van der Waals surface area contributed by atoms with Gasteiger partial charge in [0.1, 0.15) is 24.3 Å². The molecular weight excluding hydrogens is 434 g/mol. The molecule has 5 aromatic rings. The van der Waals surface area contributed by atoms with Crippen LogP contribution >= 0.6 is 0 Å². The maximum Gasteiger partial charge on any atom is 0.147 e. The molecule has 0 bridgehead atoms. The first-order valence-corrected chi connectivity index (χ1v) is 11.9. The fourth-order valence-electron chi connectivity index (χ4n) is 4.46. The number of nitrogens with zero attached hydrogens (tertiary/aromatic N) is 6. The number of H-pyrrole nitrogens is 1. The van der Waals surface area contributed by atoms with Crippen molar-refractivity contribution >= 4 is 0 Å². The molecule has 7 nitrogen and oxygen atoms in total. The summed E-state index contributed by atoms with van der Waals surface area (Å²) in [5.74, 6) is 2.08. The van der Waals surface area contributed by atoms with Crippen molar-refractivity contribution in [3.63, 3.8) is 0 Å². The molecule has 35 heavy (non-hydrogen) atoms. The lowest BCUT2D eigenvalue weighted by atomic mass is 9.88. The van der Waals surface area contributed by atoms with Gasteiger partial charge < -0.3 is 9.55 Å². The Morgan fingerprint density at radius 1 is 0.743 bits per heavy atom. The van der Waals surface area contributed by atoms with Gasteiger partial charge in [0.2, 0.25) is 0 Å². The molecule has 0 aliphatic carbocycles. The smallest absolute Gasteiger partial charge is 0.147 e. The molecule has 176 valence electrons. The third-order valence-electron chi connectivity index (χ3n) is 6.24. The molecule has 0 saturated carbocycles. The number of benzene rings is 3. The Hall–Kier alpha value is -4.10. The van der Waals surface area contributed by atoms with Gasteiger partial charge in [-0.2, -0.15) is 0 Å². The highest BCUT2D eigenvalue weighted by Gasteiger charge is 2.19. The molecule has 1 N–H and O–H groups in total. The summed E-state index contributed by atoms with van der Waals surface area (Å²) in [6.45, 7) is 2.95. The normalized spacial score (nSPS) is 11.4. The minimum Gasteiger partial charge on any atom is -0.330 e. The highest BCUT2D eigenvalue weighted by atomic mass is 15.3. The molecule has 0 atom stereocenters. The second-order valence-electron chi connectivity index (χ2n) is 8.67. The van der Waals surface area contributed by atoms with Crippen LogP contribution in [0.2, 0.25) is 0 Å². The topological polar surface area (TPSA) is 75.5 Å². The number of nitrogens with one attached hydrogen (secondary N) is 1. The quantitative estimate of drug-likeness (QED) is 0.308. The molecule has 5 rings (SSSR count). The van der Waals surface area contributed by atoms with Crippen LogP contribution in [0.1, 0.15) is 40.7 Å². The van der Waals surface area contributed by atoms with E-state index in [9.17, 15) is 0 Å². The maximum atomic E-state index is 4.45. The molecule has 2 heterocycles. The second kappa shape index (κ2) is 11.4. The highest BCUT2D eigenvalue weighted by molar-refractivity contribution is 5.32. The van der Waals surface area contributed by atoms with Crippen LogP contribution in [0, 0.1) is 0 Å². The van der Waals surface area contributed by atoms with E-state index in [-0.39, 0.29) is 0 Å². The summed E-state index contributed by atoms with van der Waals surface area (Å²) < 4.78 is 2.12. The van der Waals surface area contributed by atoms with Gasteiger partial charge in [0.25, 0.3) is 0 Å². The van der Waals surface area contributed by atoms with E-state index in [1.807, 2.05) is 12.4 Å². The van der Waals surface area contributed by atoms with Crippen molar-refractivity contribution in [1.82, 2.24) is 34.8 Å². The van der Waals surface area contributed by atoms with E-state index in [1.54, 1.807) is 6.33 Å². The number of hydrogen-bond donors (Lipinski definition) is 1. The summed E-state index contributed by atoms with van der Waals surface area (Å²) in [6.07, 6.45) is 4.41. The Labute approximate surface area is 205 Å². The van der Waals surface area contributed by atoms with Crippen molar-refractivity contribution in [3.05, 3.63) is 132 Å². The molecule has 0 aliphatic heterocycles. The predicted octanol–water partition coefficient (Wildman–Crippen LogP) is 4.67. The summed E-state index contributed by atoms with van der Waals surface area (Å²) in [5, 5.41) is 16.9. The van der Waals surface area contributed by atoms with Crippen molar-refractivity contribution in [1.29, 1.82) is 0 Å². The maximum absolute atomic E-state index is 4.45. The van der Waals surface area contributed by atoms with E-state index in [4.69, 9.17) is 0 Å². The van der Waals surface area contributed by atoms with Gasteiger partial charge in [-0.1, -0.05) is 91.0 Å². The largest absolute Gasteiger partial charge is 0.330 e. The van der Waals surface area contributed by atoms with Crippen LogP contribution in [-0.2, 0) is 19.6 Å². The molecule has 0 unspecified atom stereocenters. The molecule has 0 saturated heterocycles. The van der Waals surface area contributed by atoms with Crippen LogP contribution in [0.25, 0.3) is 0 Å². The minimum atomic E-state index is 0.303. The Kier molecular flexibility index (Phi) is 7.36. The van der Waals surface area contributed by atoms with Crippen molar-refractivity contribution in [2.45, 2.75) is 32.0 Å². The summed E-state index contributed by atoms with van der Waals surface area (Å²) >= 11 is 0. The Bertz CT molecular complexity index is 1230. The van der Waals surface area contributed by atoms with Crippen LogP contribution in [0.3, 0.4) is 0 Å². The predicted molar refractivity (Wildman–Crippen MR) is 135 cm³/mol. The number of rotatable bonds is 11. The molecule has 0 amide bonds. The van der Waals surface area contributed by atoms with Gasteiger partial charge in [0, 0.05) is 12.5 Å². The van der Waals surface area contributed by atoms with Crippen LogP contribution in [0.15, 0.2) is 104 Å². The van der Waals surface area contributed by atoms with E-state index in [0.29, 0.717) is 19.0 Å². The van der Waals surface area contributed by atoms with Crippen molar-refractivity contribution < 1.29 is 0 Å². The lowest BCUT2D eigenvalue weighted by molar-refractivity contribution is 0.234. The Balaban J connectivity index is 1.35. The van der Waals surface area contributed by atoms with Crippen molar-refractivity contribution in [2.75, 3.05) is 6.54 Å². The molecule has 0 aliphatic rings. The fraction of sp³-hybridized carbons (Fsp3) is 0.214. The van der Waals surface area contributed by atoms with Gasteiger partial charge in [-0.25, -0.2) is 0 Å². The van der Waals surface area contributed by atoms with E-state index < -0.39 is 0 Å². The highest BCUT2D eigenvalue weighted by Crippen LogP contribution is 2.28. The Morgan fingerprint density at radius 2 is 1.40 bits per heavy atom. The van der Waals surface area contributed by atoms with E-state index in [1.165, 1.54) is 16.7 Å². The van der Waals surface area contributed by atoms with E-state index in [2.05, 4.69) is 120 Å². The third kappa shape index (κ3) is 6.07. The van der Waals surface area contributed by atoms with Gasteiger partial charge in [-0.3, -0.25) is 4.90 Å². The number of hydrogen-bond acceptors (Lipinski definition) is 5. The van der Waals surface area contributed by atoms with Gasteiger partial charge in [0.15, 0.2) is 0 Å². The minimum absolute atomic E-state index is 0.303. The lowest BCUT2D eigenvalue weighted by Gasteiger charge is -2.25. The first-order chi connectivity index (χ1) is 17.3. The fourth-order valence-corrected chi connectivity index (χ4v) is 4.46. The summed E-state index contributed by atoms with van der Waals surface area (Å²) in [6, 6.07) is 31.9. The molecular formula is C28H29N7. The van der Waals surface area contributed by atoms with Crippen LogP contribution < -0.4 is 0 Å². The van der Waals surface area contributed by atoms with Crippen LogP contribution in [0.4, 0.5) is 0 Å². The zero-order chi connectivity index (χ0) is 23.7. The zero-order valence-electron chi connectivity index (χ0n) is 19.6. The second-order valence-corrected chi connectivity index (χ2v) is 8.67. The number of aromatic amines is 1. The molecule has 0 radical (unpaired) electrons. The summed E-state index contributed by atoms with van der Waals surface area (Å²) in [4.78, 5) is 5.51. The van der Waals surface area contributed by atoms with Crippen molar-refractivity contribution in [2.24, 2.45) is 0 Å². The number of aromatic nitrogens is 6. The standard InChI is InChI=1S/C28H29N7/c1-4-10-23(11-5-1)18-35-22-31-33-28(35)20-34(19-27-29-21-30-32-27)17-16-26(24-12-6-2-7-13-24)25-14-8-3-9-15-25/h1-15,21-22,26H,16-20H2,(H,29,30,32). The summed E-state index contributed by atoms with van der Waals surface area (Å²) in [5.41, 5.74) is 3.87. The van der Waals surface area contributed by atoms with Gasteiger partial charge >= 0.3 is 0 Å². The van der Waals surface area contributed by atoms with Gasteiger partial charge in [0.05, 0.1) is 19.6 Å². The summed E-state index contributed by atoms with van der Waals surface area (Å²) in [7, 11) is 0. The van der Waals surface area contributed by atoms with E-state index >= 15 is 0 Å². The molecule has 0 spiro atoms. The molecule has 2 aromatic heterocycles. The van der Waals surface area contributed by atoms with Crippen LogP contribution in [-0.4, -0.2) is 41.4 Å². The third-order valence-corrected chi connectivity index (χ3v) is 6.24. The molecule has 7 heteroatoms. The first kappa shape index (κ1) is 22.7. The van der Waals surface area contributed by atoms with Crippen molar-refractivity contribution in [3.8, 4) is 0 Å². The zero-order valence-corrected chi connectivity index (χ0v) is 19.6. The van der Waals surface area contributed by atoms with E-state index in [0.717, 1.165) is 31.2 Å². The van der Waals surface area contributed by atoms with Gasteiger partial charge in [-0.05, 0) is 23.1 Å². The first-order valence-electron chi connectivity index (χ1n) is 11.9. The van der Waals surface area contributed by atoms with Crippen LogP contribution in [0.5, 0.6) is 0 Å². The molecule has 0 fully saturated rings. The Morgan fingerprint density at radius 3 is 2.03 bits per heavy atom. The SMILES string of the molecule is c1ccc(Cn2cnnc2CN(CCC(c2ccccc2)c2ccccc2)Cc2nnc[nH]2)cc1. The van der Waals surface area contributed by atoms with Gasteiger partial charge in [-0.15, -0.1) is 20.4 Å².